The van der Waals surface area contributed by atoms with Crippen LogP contribution < -0.4 is 9.62 Å². The highest BCUT2D eigenvalue weighted by Crippen LogP contribution is 2.23. The smallest absolute Gasteiger partial charge is 0.264 e. The van der Waals surface area contributed by atoms with Crippen LogP contribution in [0.4, 0.5) is 5.69 Å². The fourth-order valence-electron chi connectivity index (χ4n) is 2.96. The lowest BCUT2D eigenvalue weighted by molar-refractivity contribution is 0.0857. The van der Waals surface area contributed by atoms with Crippen molar-refractivity contribution >= 4 is 21.6 Å². The van der Waals surface area contributed by atoms with Crippen molar-refractivity contribution < 1.29 is 17.9 Å². The maximum Gasteiger partial charge on any atom is 0.264 e. The largest absolute Gasteiger partial charge is 0.376 e. The van der Waals surface area contributed by atoms with Gasteiger partial charge >= 0.3 is 0 Å². The molecule has 1 atom stereocenters. The van der Waals surface area contributed by atoms with Crippen molar-refractivity contribution in [2.45, 2.75) is 30.8 Å². The molecule has 0 saturated carbocycles. The van der Waals surface area contributed by atoms with Gasteiger partial charge in [0.2, 0.25) is 0 Å². The fraction of sp³-hybridized carbons (Fsp3) is 0.350. The van der Waals surface area contributed by atoms with Gasteiger partial charge in [-0.15, -0.1) is 0 Å². The van der Waals surface area contributed by atoms with Crippen LogP contribution >= 0.6 is 0 Å². The van der Waals surface area contributed by atoms with E-state index in [4.69, 9.17) is 4.74 Å². The topological polar surface area (TPSA) is 75.7 Å². The van der Waals surface area contributed by atoms with E-state index >= 15 is 0 Å². The average molecular weight is 388 g/mol. The second kappa shape index (κ2) is 8.10. The molecule has 6 nitrogen and oxygen atoms in total. The Balaban J connectivity index is 1.76. The number of amides is 1. The number of anilines is 1. The number of benzene rings is 2. The monoisotopic (exact) mass is 388 g/mol. The molecule has 7 heteroatoms. The van der Waals surface area contributed by atoms with Crippen LogP contribution in [0.5, 0.6) is 0 Å². The number of nitrogens with zero attached hydrogens (tertiary/aromatic N) is 1. The third-order valence-electron chi connectivity index (χ3n) is 4.67. The van der Waals surface area contributed by atoms with Crippen molar-refractivity contribution in [3.05, 3.63) is 59.7 Å². The molecule has 0 radical (unpaired) electrons. The Kier molecular flexibility index (Phi) is 5.82. The number of hydrogen-bond acceptors (Lipinski definition) is 4. The average Bonchev–Trinajstić information content (AvgIpc) is 3.20. The summed E-state index contributed by atoms with van der Waals surface area (Å²) in [6.07, 6.45) is 1.96. The normalized spacial score (nSPS) is 16.9. The molecule has 27 heavy (non-hydrogen) atoms. The number of nitrogens with one attached hydrogen (secondary N) is 1. The molecule has 1 aliphatic rings. The van der Waals surface area contributed by atoms with Crippen molar-refractivity contribution in [3.63, 3.8) is 0 Å². The predicted octanol–water partition coefficient (Wildman–Crippen LogP) is 2.73. The van der Waals surface area contributed by atoms with Crippen molar-refractivity contribution in [1.82, 2.24) is 5.32 Å². The number of sulfonamides is 1. The lowest BCUT2D eigenvalue weighted by Gasteiger charge is -2.20. The minimum Gasteiger partial charge on any atom is -0.376 e. The molecule has 1 aliphatic heterocycles. The fourth-order valence-corrected chi connectivity index (χ4v) is 4.21. The Morgan fingerprint density at radius 3 is 2.63 bits per heavy atom. The molecule has 3 rings (SSSR count). The summed E-state index contributed by atoms with van der Waals surface area (Å²) in [7, 11) is -2.26. The van der Waals surface area contributed by atoms with Crippen molar-refractivity contribution in [2.75, 3.05) is 24.5 Å². The zero-order valence-electron chi connectivity index (χ0n) is 15.5. The third-order valence-corrected chi connectivity index (χ3v) is 6.45. The second-order valence-electron chi connectivity index (χ2n) is 6.68. The minimum absolute atomic E-state index is 0.0357. The van der Waals surface area contributed by atoms with Gasteiger partial charge < -0.3 is 10.1 Å². The molecule has 0 aliphatic carbocycles. The van der Waals surface area contributed by atoms with E-state index in [0.29, 0.717) is 17.8 Å². The van der Waals surface area contributed by atoms with Gasteiger partial charge in [0.25, 0.3) is 15.9 Å². The van der Waals surface area contributed by atoms with Gasteiger partial charge in [0.05, 0.1) is 16.7 Å². The summed E-state index contributed by atoms with van der Waals surface area (Å²) in [5.74, 6) is -0.305. The Morgan fingerprint density at radius 2 is 1.96 bits per heavy atom. The van der Waals surface area contributed by atoms with E-state index in [1.54, 1.807) is 24.3 Å². The van der Waals surface area contributed by atoms with Gasteiger partial charge in [-0.05, 0) is 50.1 Å². The minimum atomic E-state index is -3.76. The Morgan fingerprint density at radius 1 is 1.22 bits per heavy atom. The van der Waals surface area contributed by atoms with E-state index in [2.05, 4.69) is 5.32 Å². The summed E-state index contributed by atoms with van der Waals surface area (Å²) in [4.78, 5) is 12.5. The summed E-state index contributed by atoms with van der Waals surface area (Å²) >= 11 is 0. The molecule has 1 amide bonds. The number of hydrogen-bond donors (Lipinski definition) is 1. The van der Waals surface area contributed by atoms with Crippen molar-refractivity contribution in [2.24, 2.45) is 0 Å². The molecule has 1 N–H and O–H groups in total. The molecule has 2 aromatic carbocycles. The highest BCUT2D eigenvalue weighted by Gasteiger charge is 2.23. The highest BCUT2D eigenvalue weighted by atomic mass is 32.2. The first-order valence-corrected chi connectivity index (χ1v) is 10.4. The maximum absolute atomic E-state index is 12.9. The highest BCUT2D eigenvalue weighted by molar-refractivity contribution is 7.92. The zero-order chi connectivity index (χ0) is 19.4. The number of aryl methyl sites for hydroxylation is 1. The summed E-state index contributed by atoms with van der Waals surface area (Å²) in [5, 5.41) is 2.81. The molecule has 1 saturated heterocycles. The number of carbonyl (C=O) groups is 1. The lowest BCUT2D eigenvalue weighted by atomic mass is 10.2. The lowest BCUT2D eigenvalue weighted by Crippen LogP contribution is -2.32. The van der Waals surface area contributed by atoms with Crippen LogP contribution in [0.3, 0.4) is 0 Å². The van der Waals surface area contributed by atoms with Gasteiger partial charge in [-0.3, -0.25) is 9.10 Å². The summed E-state index contributed by atoms with van der Waals surface area (Å²) in [5.41, 5.74) is 1.93. The summed E-state index contributed by atoms with van der Waals surface area (Å²) in [6.45, 7) is 3.09. The number of ether oxygens (including phenoxy) is 1. The molecule has 1 unspecified atom stereocenters. The first-order valence-electron chi connectivity index (χ1n) is 8.93. The van der Waals surface area contributed by atoms with Crippen molar-refractivity contribution in [1.29, 1.82) is 0 Å². The van der Waals surface area contributed by atoms with Crippen molar-refractivity contribution in [3.8, 4) is 0 Å². The molecule has 1 fully saturated rings. The Labute approximate surface area is 160 Å². The van der Waals surface area contributed by atoms with Gasteiger partial charge in [0.15, 0.2) is 0 Å². The molecule has 1 heterocycles. The van der Waals surface area contributed by atoms with Gasteiger partial charge in [-0.2, -0.15) is 0 Å². The predicted molar refractivity (Wildman–Crippen MR) is 105 cm³/mol. The van der Waals surface area contributed by atoms with E-state index in [9.17, 15) is 13.2 Å². The van der Waals surface area contributed by atoms with E-state index in [1.807, 2.05) is 19.1 Å². The van der Waals surface area contributed by atoms with Crippen LogP contribution in [0, 0.1) is 6.92 Å². The van der Waals surface area contributed by atoms with Crippen LogP contribution in [0.15, 0.2) is 53.4 Å². The van der Waals surface area contributed by atoms with Gasteiger partial charge in [-0.1, -0.05) is 23.8 Å². The molecular formula is C20H24N2O4S. The van der Waals surface area contributed by atoms with E-state index in [0.717, 1.165) is 25.0 Å². The van der Waals surface area contributed by atoms with Crippen LogP contribution in [-0.2, 0) is 14.8 Å². The van der Waals surface area contributed by atoms with Crippen LogP contribution in [0.25, 0.3) is 0 Å². The molecule has 144 valence electrons. The van der Waals surface area contributed by atoms with E-state index < -0.39 is 10.0 Å². The standard InChI is InChI=1S/C20H24N2O4S/c1-15-8-10-17(11-9-15)22(2)27(24,25)19-7-3-5-16(13-19)20(23)21-14-18-6-4-12-26-18/h3,5,7-11,13,18H,4,6,12,14H2,1-2H3,(H,21,23). The number of carbonyl (C=O) groups excluding carboxylic acids is 1. The number of rotatable bonds is 6. The summed E-state index contributed by atoms with van der Waals surface area (Å²) in [6, 6.07) is 13.3. The first-order chi connectivity index (χ1) is 12.9. The van der Waals surface area contributed by atoms with Gasteiger partial charge in [-0.25, -0.2) is 8.42 Å². The first kappa shape index (κ1) is 19.4. The van der Waals surface area contributed by atoms with Crippen LogP contribution in [0.1, 0.15) is 28.8 Å². The summed E-state index contributed by atoms with van der Waals surface area (Å²) < 4.78 is 32.6. The molecule has 0 spiro atoms. The molecule has 0 bridgehead atoms. The van der Waals surface area contributed by atoms with Crippen LogP contribution in [0.2, 0.25) is 0 Å². The zero-order valence-corrected chi connectivity index (χ0v) is 16.3. The Hall–Kier alpha value is -2.38. The van der Waals surface area contributed by atoms with E-state index in [-0.39, 0.29) is 16.9 Å². The SMILES string of the molecule is Cc1ccc(N(C)S(=O)(=O)c2cccc(C(=O)NCC3CCCO3)c2)cc1. The molecule has 2 aromatic rings. The van der Waals surface area contributed by atoms with Crippen LogP contribution in [-0.4, -0.2) is 40.6 Å². The van der Waals surface area contributed by atoms with Gasteiger partial charge in [0.1, 0.15) is 0 Å². The van der Waals surface area contributed by atoms with Gasteiger partial charge in [0, 0.05) is 25.8 Å². The second-order valence-corrected chi connectivity index (χ2v) is 8.65. The van der Waals surface area contributed by atoms with E-state index in [1.165, 1.54) is 23.5 Å². The maximum atomic E-state index is 12.9. The Bertz CT molecular complexity index is 904. The molecule has 0 aromatic heterocycles. The molecular weight excluding hydrogens is 364 g/mol. The quantitative estimate of drug-likeness (QED) is 0.826. The third kappa shape index (κ3) is 4.48.